The number of sulfonamides is 1. The predicted octanol–water partition coefficient (Wildman–Crippen LogP) is 0.877. The van der Waals surface area contributed by atoms with E-state index in [-0.39, 0.29) is 10.9 Å². The molecule has 2 fully saturated rings. The van der Waals surface area contributed by atoms with Crippen molar-refractivity contribution in [2.45, 2.75) is 36.6 Å². The van der Waals surface area contributed by atoms with Gasteiger partial charge in [-0.2, -0.15) is 5.10 Å². The summed E-state index contributed by atoms with van der Waals surface area (Å²) in [6, 6.07) is 0.138. The van der Waals surface area contributed by atoms with Gasteiger partial charge in [-0.3, -0.25) is 5.10 Å². The van der Waals surface area contributed by atoms with Crippen LogP contribution in [0.15, 0.2) is 17.3 Å². The molecular formula is C10H15N3O2S. The van der Waals surface area contributed by atoms with E-state index in [1.165, 1.54) is 31.7 Å². The number of hydrogen-bond acceptors (Lipinski definition) is 3. The molecule has 0 saturated heterocycles. The summed E-state index contributed by atoms with van der Waals surface area (Å²) < 4.78 is 26.7. The van der Waals surface area contributed by atoms with Gasteiger partial charge in [-0.1, -0.05) is 6.42 Å². The molecule has 88 valence electrons. The first-order valence-electron chi connectivity index (χ1n) is 5.66. The molecule has 2 aliphatic carbocycles. The fraction of sp³-hybridized carbons (Fsp3) is 0.700. The van der Waals surface area contributed by atoms with Gasteiger partial charge in [-0.05, 0) is 31.1 Å². The van der Waals surface area contributed by atoms with Crippen LogP contribution in [0.4, 0.5) is 0 Å². The van der Waals surface area contributed by atoms with Crippen molar-refractivity contribution in [2.75, 3.05) is 0 Å². The van der Waals surface area contributed by atoms with E-state index in [9.17, 15) is 8.42 Å². The van der Waals surface area contributed by atoms with Crippen molar-refractivity contribution in [2.24, 2.45) is 11.8 Å². The summed E-state index contributed by atoms with van der Waals surface area (Å²) in [5.41, 5.74) is 0. The number of hydrogen-bond donors (Lipinski definition) is 2. The Hall–Kier alpha value is -0.880. The van der Waals surface area contributed by atoms with E-state index in [0.29, 0.717) is 5.92 Å². The minimum atomic E-state index is -3.37. The molecule has 6 heteroatoms. The molecule has 2 N–H and O–H groups in total. The Morgan fingerprint density at radius 3 is 2.81 bits per heavy atom. The SMILES string of the molecule is O=S(=O)(NC1CC2CCC1C2)c1cn[nH]c1. The summed E-state index contributed by atoms with van der Waals surface area (Å²) in [5.74, 6) is 1.29. The van der Waals surface area contributed by atoms with E-state index in [1.807, 2.05) is 0 Å². The molecule has 3 atom stereocenters. The monoisotopic (exact) mass is 241 g/mol. The van der Waals surface area contributed by atoms with Crippen molar-refractivity contribution in [3.63, 3.8) is 0 Å². The zero-order chi connectivity index (χ0) is 11.2. The van der Waals surface area contributed by atoms with Crippen LogP contribution < -0.4 is 4.72 Å². The number of fused-ring (bicyclic) bond motifs is 2. The van der Waals surface area contributed by atoms with Crippen LogP contribution in [0.25, 0.3) is 0 Å². The highest BCUT2D eigenvalue weighted by Crippen LogP contribution is 2.44. The molecule has 0 amide bonds. The van der Waals surface area contributed by atoms with E-state index in [0.717, 1.165) is 12.3 Å². The number of nitrogens with one attached hydrogen (secondary N) is 2. The molecule has 0 aliphatic heterocycles. The van der Waals surface area contributed by atoms with Crippen LogP contribution >= 0.6 is 0 Å². The first-order chi connectivity index (χ1) is 7.65. The summed E-state index contributed by atoms with van der Waals surface area (Å²) in [6.07, 6.45) is 7.39. The Morgan fingerprint density at radius 1 is 1.38 bits per heavy atom. The fourth-order valence-corrected chi connectivity index (χ4v) is 4.27. The number of H-pyrrole nitrogens is 1. The maximum absolute atomic E-state index is 12.0. The first-order valence-corrected chi connectivity index (χ1v) is 7.14. The molecule has 1 aromatic heterocycles. The van der Waals surface area contributed by atoms with Gasteiger partial charge in [0, 0.05) is 12.2 Å². The zero-order valence-corrected chi connectivity index (χ0v) is 9.70. The molecule has 1 aromatic rings. The molecule has 0 aromatic carbocycles. The highest BCUT2D eigenvalue weighted by atomic mass is 32.2. The lowest BCUT2D eigenvalue weighted by Crippen LogP contribution is -2.38. The molecule has 16 heavy (non-hydrogen) atoms. The number of aromatic amines is 1. The Bertz CT molecular complexity index is 468. The molecule has 3 unspecified atom stereocenters. The summed E-state index contributed by atoms with van der Waals surface area (Å²) in [4.78, 5) is 0.232. The van der Waals surface area contributed by atoms with E-state index < -0.39 is 10.0 Å². The van der Waals surface area contributed by atoms with E-state index in [2.05, 4.69) is 14.9 Å². The Balaban J connectivity index is 1.76. The quantitative estimate of drug-likeness (QED) is 0.824. The van der Waals surface area contributed by atoms with Crippen LogP contribution in [0.2, 0.25) is 0 Å². The highest BCUT2D eigenvalue weighted by molar-refractivity contribution is 7.89. The van der Waals surface area contributed by atoms with Crippen LogP contribution in [0.5, 0.6) is 0 Å². The Kier molecular flexibility index (Phi) is 2.29. The van der Waals surface area contributed by atoms with Crippen LogP contribution in [-0.2, 0) is 10.0 Å². The largest absolute Gasteiger partial charge is 0.284 e. The van der Waals surface area contributed by atoms with Crippen LogP contribution in [0.3, 0.4) is 0 Å². The van der Waals surface area contributed by atoms with Crippen LogP contribution in [-0.4, -0.2) is 24.7 Å². The van der Waals surface area contributed by atoms with Gasteiger partial charge < -0.3 is 0 Å². The number of aromatic nitrogens is 2. The lowest BCUT2D eigenvalue weighted by atomic mass is 9.96. The highest BCUT2D eigenvalue weighted by Gasteiger charge is 2.41. The van der Waals surface area contributed by atoms with Crippen molar-refractivity contribution >= 4 is 10.0 Å². The molecule has 0 spiro atoms. The minimum absolute atomic E-state index is 0.138. The summed E-state index contributed by atoms with van der Waals surface area (Å²) >= 11 is 0. The second kappa shape index (κ2) is 3.56. The lowest BCUT2D eigenvalue weighted by Gasteiger charge is -2.22. The number of nitrogens with zero attached hydrogens (tertiary/aromatic N) is 1. The van der Waals surface area contributed by atoms with E-state index >= 15 is 0 Å². The first kappa shape index (κ1) is 10.3. The van der Waals surface area contributed by atoms with Crippen LogP contribution in [0, 0.1) is 11.8 Å². The van der Waals surface area contributed by atoms with E-state index in [1.54, 1.807) is 0 Å². The molecule has 2 aliphatic rings. The summed E-state index contributed by atoms with van der Waals surface area (Å²) in [7, 11) is -3.37. The van der Waals surface area contributed by atoms with Crippen molar-refractivity contribution in [1.82, 2.24) is 14.9 Å². The maximum atomic E-state index is 12.0. The van der Waals surface area contributed by atoms with Crippen molar-refractivity contribution in [3.05, 3.63) is 12.4 Å². The van der Waals surface area contributed by atoms with E-state index in [4.69, 9.17) is 0 Å². The van der Waals surface area contributed by atoms with Crippen molar-refractivity contribution in [1.29, 1.82) is 0 Å². The zero-order valence-electron chi connectivity index (χ0n) is 8.89. The van der Waals surface area contributed by atoms with Gasteiger partial charge in [-0.15, -0.1) is 0 Å². The molecular weight excluding hydrogens is 226 g/mol. The third kappa shape index (κ3) is 1.66. The molecule has 5 nitrogen and oxygen atoms in total. The van der Waals surface area contributed by atoms with Gasteiger partial charge in [-0.25, -0.2) is 13.1 Å². The minimum Gasteiger partial charge on any atom is -0.284 e. The van der Waals surface area contributed by atoms with Gasteiger partial charge in [0.25, 0.3) is 0 Å². The van der Waals surface area contributed by atoms with Gasteiger partial charge >= 0.3 is 0 Å². The van der Waals surface area contributed by atoms with Crippen LogP contribution in [0.1, 0.15) is 25.7 Å². The topological polar surface area (TPSA) is 74.8 Å². The van der Waals surface area contributed by atoms with Crippen molar-refractivity contribution < 1.29 is 8.42 Å². The van der Waals surface area contributed by atoms with Gasteiger partial charge in [0.15, 0.2) is 0 Å². The molecule has 2 saturated carbocycles. The Morgan fingerprint density at radius 2 is 2.25 bits per heavy atom. The fourth-order valence-electron chi connectivity index (χ4n) is 3.04. The normalized spacial score (nSPS) is 33.4. The van der Waals surface area contributed by atoms with Crippen molar-refractivity contribution in [3.8, 4) is 0 Å². The smallest absolute Gasteiger partial charge is 0.243 e. The molecule has 0 radical (unpaired) electrons. The third-order valence-electron chi connectivity index (χ3n) is 3.83. The predicted molar refractivity (Wildman–Crippen MR) is 58.1 cm³/mol. The third-order valence-corrected chi connectivity index (χ3v) is 5.28. The number of rotatable bonds is 3. The maximum Gasteiger partial charge on any atom is 0.243 e. The standard InChI is InChI=1S/C10H15N3O2S/c14-16(15,9-5-11-12-6-9)13-10-4-7-1-2-8(10)3-7/h5-8,10,13H,1-4H2,(H,11,12). The summed E-state index contributed by atoms with van der Waals surface area (Å²) in [5, 5.41) is 6.19. The molecule has 3 rings (SSSR count). The Labute approximate surface area is 94.7 Å². The van der Waals surface area contributed by atoms with Gasteiger partial charge in [0.1, 0.15) is 4.90 Å². The average Bonchev–Trinajstić information content (AvgIpc) is 2.94. The lowest BCUT2D eigenvalue weighted by molar-refractivity contribution is 0.390. The second-order valence-electron chi connectivity index (χ2n) is 4.84. The second-order valence-corrected chi connectivity index (χ2v) is 6.55. The van der Waals surface area contributed by atoms with Gasteiger partial charge in [0.05, 0.1) is 6.20 Å². The summed E-state index contributed by atoms with van der Waals surface area (Å²) in [6.45, 7) is 0. The average molecular weight is 241 g/mol. The molecule has 2 bridgehead atoms. The molecule has 1 heterocycles. The van der Waals surface area contributed by atoms with Gasteiger partial charge in [0.2, 0.25) is 10.0 Å².